The number of benzene rings is 1. The van der Waals surface area contributed by atoms with E-state index in [-0.39, 0.29) is 11.9 Å². The Morgan fingerprint density at radius 2 is 2.15 bits per heavy atom. The van der Waals surface area contributed by atoms with Gasteiger partial charge in [-0.2, -0.15) is 5.26 Å². The van der Waals surface area contributed by atoms with Gasteiger partial charge in [0.2, 0.25) is 5.91 Å². The lowest BCUT2D eigenvalue weighted by Crippen LogP contribution is -2.28. The van der Waals surface area contributed by atoms with Crippen molar-refractivity contribution < 1.29 is 4.79 Å². The molecule has 2 aromatic rings. The third-order valence-electron chi connectivity index (χ3n) is 2.83. The summed E-state index contributed by atoms with van der Waals surface area (Å²) in [6.07, 6.45) is 2.11. The molecule has 1 aromatic carbocycles. The van der Waals surface area contributed by atoms with Crippen molar-refractivity contribution in [2.75, 3.05) is 0 Å². The zero-order valence-electron chi connectivity index (χ0n) is 11.4. The molecule has 0 fully saturated rings. The number of carbonyl (C=O) groups is 1. The van der Waals surface area contributed by atoms with E-state index in [1.807, 2.05) is 20.0 Å². The molecular weight excluding hydrogens is 270 g/mol. The van der Waals surface area contributed by atoms with Crippen LogP contribution >= 0.6 is 11.3 Å². The molecule has 4 nitrogen and oxygen atoms in total. The number of rotatable bonds is 4. The maximum absolute atomic E-state index is 12.0. The molecular formula is C15H15N3OS. The highest BCUT2D eigenvalue weighted by atomic mass is 32.1. The van der Waals surface area contributed by atoms with Crippen LogP contribution in [0.3, 0.4) is 0 Å². The summed E-state index contributed by atoms with van der Waals surface area (Å²) in [5.41, 5.74) is 1.49. The number of nitrogens with zero attached hydrogens (tertiary/aromatic N) is 2. The predicted octanol–water partition coefficient (Wildman–Crippen LogP) is 2.74. The molecule has 102 valence electrons. The van der Waals surface area contributed by atoms with Gasteiger partial charge in [0.25, 0.3) is 0 Å². The minimum absolute atomic E-state index is 0.0462. The summed E-state index contributed by atoms with van der Waals surface area (Å²) in [5.74, 6) is -0.0462. The van der Waals surface area contributed by atoms with Crippen molar-refractivity contribution in [2.24, 2.45) is 0 Å². The van der Waals surface area contributed by atoms with Crippen LogP contribution in [-0.2, 0) is 11.2 Å². The third kappa shape index (κ3) is 3.65. The van der Waals surface area contributed by atoms with Crippen molar-refractivity contribution in [1.82, 2.24) is 10.3 Å². The topological polar surface area (TPSA) is 65.8 Å². The zero-order valence-corrected chi connectivity index (χ0v) is 12.2. The Hall–Kier alpha value is -2.19. The lowest BCUT2D eigenvalue weighted by molar-refractivity contribution is -0.121. The van der Waals surface area contributed by atoms with Crippen molar-refractivity contribution >= 4 is 17.2 Å². The zero-order chi connectivity index (χ0) is 14.5. The summed E-state index contributed by atoms with van der Waals surface area (Å²) >= 11 is 1.59. The van der Waals surface area contributed by atoms with Gasteiger partial charge >= 0.3 is 0 Å². The molecule has 0 bridgehead atoms. The first-order chi connectivity index (χ1) is 9.58. The fourth-order valence-electron chi connectivity index (χ4n) is 1.81. The first-order valence-corrected chi connectivity index (χ1v) is 7.11. The average molecular weight is 285 g/mol. The maximum atomic E-state index is 12.0. The fraction of sp³-hybridized carbons (Fsp3) is 0.267. The van der Waals surface area contributed by atoms with E-state index in [1.54, 1.807) is 35.6 Å². The molecule has 0 radical (unpaired) electrons. The second-order valence-corrected chi connectivity index (χ2v) is 5.85. The maximum Gasteiger partial charge on any atom is 0.224 e. The summed E-state index contributed by atoms with van der Waals surface area (Å²) in [7, 11) is 0. The van der Waals surface area contributed by atoms with Crippen molar-refractivity contribution in [3.63, 3.8) is 0 Å². The molecule has 0 aliphatic rings. The SMILES string of the molecule is Cc1cnc(C(C)NC(=O)Cc2ccc(C#N)cc2)s1. The minimum atomic E-state index is -0.0837. The standard InChI is InChI=1S/C15H15N3OS/c1-10-9-17-15(20-10)11(2)18-14(19)7-12-3-5-13(8-16)6-4-12/h3-6,9,11H,7H2,1-2H3,(H,18,19). The molecule has 1 N–H and O–H groups in total. The van der Waals surface area contributed by atoms with Gasteiger partial charge < -0.3 is 5.32 Å². The molecule has 0 aliphatic carbocycles. The quantitative estimate of drug-likeness (QED) is 0.939. The average Bonchev–Trinajstić information content (AvgIpc) is 2.86. The monoisotopic (exact) mass is 285 g/mol. The molecule has 0 aliphatic heterocycles. The van der Waals surface area contributed by atoms with Crippen LogP contribution in [0.1, 0.15) is 34.0 Å². The summed E-state index contributed by atoms with van der Waals surface area (Å²) in [4.78, 5) is 17.4. The van der Waals surface area contributed by atoms with Crippen LogP contribution in [0.4, 0.5) is 0 Å². The Morgan fingerprint density at radius 1 is 1.45 bits per heavy atom. The lowest BCUT2D eigenvalue weighted by atomic mass is 10.1. The van der Waals surface area contributed by atoms with Crippen molar-refractivity contribution in [3.8, 4) is 6.07 Å². The highest BCUT2D eigenvalue weighted by Crippen LogP contribution is 2.19. The number of thiazole rings is 1. The fourth-order valence-corrected chi connectivity index (χ4v) is 2.59. The summed E-state index contributed by atoms with van der Waals surface area (Å²) in [6, 6.07) is 9.01. The van der Waals surface area contributed by atoms with Crippen molar-refractivity contribution in [2.45, 2.75) is 26.3 Å². The number of nitriles is 1. The van der Waals surface area contributed by atoms with Crippen LogP contribution in [0.15, 0.2) is 30.5 Å². The smallest absolute Gasteiger partial charge is 0.224 e. The second-order valence-electron chi connectivity index (χ2n) is 4.58. The number of aromatic nitrogens is 1. The molecule has 0 spiro atoms. The Balaban J connectivity index is 1.93. The summed E-state index contributed by atoms with van der Waals surface area (Å²) < 4.78 is 0. The molecule has 5 heteroatoms. The van der Waals surface area contributed by atoms with Gasteiger partial charge in [-0.1, -0.05) is 12.1 Å². The molecule has 1 aromatic heterocycles. The molecule has 1 amide bonds. The number of carbonyl (C=O) groups excluding carboxylic acids is 1. The Morgan fingerprint density at radius 3 is 2.70 bits per heavy atom. The van der Waals surface area contributed by atoms with Crippen LogP contribution < -0.4 is 5.32 Å². The number of nitrogens with one attached hydrogen (secondary N) is 1. The molecule has 20 heavy (non-hydrogen) atoms. The largest absolute Gasteiger partial charge is 0.347 e. The normalized spacial score (nSPS) is 11.7. The van der Waals surface area contributed by atoms with Crippen molar-refractivity contribution in [3.05, 3.63) is 51.5 Å². The number of amides is 1. The Kier molecular flexibility index (Phi) is 4.49. The van der Waals surface area contributed by atoms with Gasteiger partial charge in [0, 0.05) is 11.1 Å². The minimum Gasteiger partial charge on any atom is -0.347 e. The number of hydrogen-bond donors (Lipinski definition) is 1. The first kappa shape index (κ1) is 14.2. The van der Waals surface area contributed by atoms with E-state index in [2.05, 4.69) is 16.4 Å². The molecule has 0 saturated carbocycles. The van der Waals surface area contributed by atoms with Crippen LogP contribution in [0.5, 0.6) is 0 Å². The van der Waals surface area contributed by atoms with Gasteiger partial charge in [0.05, 0.1) is 24.1 Å². The van der Waals surface area contributed by atoms with E-state index >= 15 is 0 Å². The molecule has 0 saturated heterocycles. The summed E-state index contributed by atoms with van der Waals surface area (Å²) in [6.45, 7) is 3.92. The first-order valence-electron chi connectivity index (χ1n) is 6.29. The molecule has 1 atom stereocenters. The highest BCUT2D eigenvalue weighted by Gasteiger charge is 2.12. The van der Waals surface area contributed by atoms with E-state index < -0.39 is 0 Å². The Bertz CT molecular complexity index is 640. The number of aryl methyl sites for hydroxylation is 1. The van der Waals surface area contributed by atoms with E-state index in [1.165, 1.54) is 0 Å². The van der Waals surface area contributed by atoms with Gasteiger partial charge in [0.15, 0.2) is 0 Å². The van der Waals surface area contributed by atoms with Crippen LogP contribution in [0.25, 0.3) is 0 Å². The highest BCUT2D eigenvalue weighted by molar-refractivity contribution is 7.11. The number of hydrogen-bond acceptors (Lipinski definition) is 4. The summed E-state index contributed by atoms with van der Waals surface area (Å²) in [5, 5.41) is 12.6. The van der Waals surface area contributed by atoms with Crippen molar-refractivity contribution in [1.29, 1.82) is 5.26 Å². The molecule has 1 heterocycles. The second kappa shape index (κ2) is 6.31. The van der Waals surface area contributed by atoms with Gasteiger partial charge in [-0.05, 0) is 31.5 Å². The van der Waals surface area contributed by atoms with E-state index in [0.29, 0.717) is 12.0 Å². The Labute approximate surface area is 122 Å². The lowest BCUT2D eigenvalue weighted by Gasteiger charge is -2.11. The van der Waals surface area contributed by atoms with Gasteiger partial charge in [-0.25, -0.2) is 4.98 Å². The van der Waals surface area contributed by atoms with Crippen LogP contribution in [0.2, 0.25) is 0 Å². The van der Waals surface area contributed by atoms with Crippen LogP contribution in [0, 0.1) is 18.3 Å². The predicted molar refractivity (Wildman–Crippen MR) is 78.3 cm³/mol. The third-order valence-corrected chi connectivity index (χ3v) is 3.93. The van der Waals surface area contributed by atoms with E-state index in [0.717, 1.165) is 15.4 Å². The van der Waals surface area contributed by atoms with Crippen LogP contribution in [-0.4, -0.2) is 10.9 Å². The molecule has 1 unspecified atom stereocenters. The van der Waals surface area contributed by atoms with E-state index in [4.69, 9.17) is 5.26 Å². The molecule has 2 rings (SSSR count). The van der Waals surface area contributed by atoms with Gasteiger partial charge in [-0.15, -0.1) is 11.3 Å². The van der Waals surface area contributed by atoms with Gasteiger partial charge in [-0.3, -0.25) is 4.79 Å². The van der Waals surface area contributed by atoms with E-state index in [9.17, 15) is 4.79 Å². The van der Waals surface area contributed by atoms with Gasteiger partial charge in [0.1, 0.15) is 5.01 Å².